The lowest BCUT2D eigenvalue weighted by molar-refractivity contribution is 0.208. The highest BCUT2D eigenvalue weighted by Crippen LogP contribution is 2.31. The molecule has 0 bridgehead atoms. The third-order valence-electron chi connectivity index (χ3n) is 4.78. The molecule has 4 rings (SSSR count). The maximum Gasteiger partial charge on any atom is 0.321 e. The largest absolute Gasteiger partial charge is 0.352 e. The zero-order valence-corrected chi connectivity index (χ0v) is 16.4. The number of hydrogen-bond donors (Lipinski definition) is 1. The van der Waals surface area contributed by atoms with Crippen molar-refractivity contribution < 1.29 is 4.79 Å². The quantitative estimate of drug-likeness (QED) is 0.747. The number of carbonyl (C=O) groups excluding carboxylic acids is 1. The Morgan fingerprint density at radius 1 is 1.15 bits per heavy atom. The summed E-state index contributed by atoms with van der Waals surface area (Å²) in [5.41, 5.74) is 0.823. The number of carbonyl (C=O) groups is 1. The molecule has 7 heteroatoms. The van der Waals surface area contributed by atoms with Crippen LogP contribution in [0.1, 0.15) is 17.6 Å². The Balaban J connectivity index is 1.47. The predicted octanol–water partition coefficient (Wildman–Crippen LogP) is 3.92. The molecule has 1 aliphatic heterocycles. The van der Waals surface area contributed by atoms with Gasteiger partial charge in [-0.15, -0.1) is 11.3 Å². The molecule has 0 unspecified atom stereocenters. The number of urea groups is 1. The van der Waals surface area contributed by atoms with Crippen LogP contribution in [0.4, 0.5) is 16.3 Å². The number of aromatic nitrogens is 2. The summed E-state index contributed by atoms with van der Waals surface area (Å²) in [4.78, 5) is 28.3. The van der Waals surface area contributed by atoms with Crippen molar-refractivity contribution in [3.63, 3.8) is 0 Å². The molecule has 2 aromatic heterocycles. The SMILES string of the molecule is CCc1cc2c(N3CCN(C(=O)Nc4ccccc4)CC3)nc(C)nc2s1. The van der Waals surface area contributed by atoms with Gasteiger partial charge in [0, 0.05) is 36.7 Å². The third kappa shape index (κ3) is 3.73. The second kappa shape index (κ2) is 7.52. The van der Waals surface area contributed by atoms with Crippen LogP contribution in [0.3, 0.4) is 0 Å². The van der Waals surface area contributed by atoms with Crippen molar-refractivity contribution in [1.29, 1.82) is 0 Å². The van der Waals surface area contributed by atoms with E-state index in [1.807, 2.05) is 42.2 Å². The van der Waals surface area contributed by atoms with E-state index >= 15 is 0 Å². The fraction of sp³-hybridized carbons (Fsp3) is 0.350. The molecule has 2 amide bonds. The van der Waals surface area contributed by atoms with Gasteiger partial charge in [-0.25, -0.2) is 14.8 Å². The topological polar surface area (TPSA) is 61.4 Å². The average molecular weight is 382 g/mol. The summed E-state index contributed by atoms with van der Waals surface area (Å²) in [6, 6.07) is 11.7. The summed E-state index contributed by atoms with van der Waals surface area (Å²) in [6.07, 6.45) is 1.01. The minimum absolute atomic E-state index is 0.0475. The molecule has 3 heterocycles. The molecule has 140 valence electrons. The van der Waals surface area contributed by atoms with E-state index in [4.69, 9.17) is 4.98 Å². The van der Waals surface area contributed by atoms with E-state index < -0.39 is 0 Å². The van der Waals surface area contributed by atoms with Crippen molar-refractivity contribution in [2.75, 3.05) is 36.4 Å². The predicted molar refractivity (Wildman–Crippen MR) is 111 cm³/mol. The smallest absolute Gasteiger partial charge is 0.321 e. The van der Waals surface area contributed by atoms with Gasteiger partial charge >= 0.3 is 6.03 Å². The van der Waals surface area contributed by atoms with Gasteiger partial charge in [0.1, 0.15) is 16.5 Å². The van der Waals surface area contributed by atoms with Crippen molar-refractivity contribution in [1.82, 2.24) is 14.9 Å². The van der Waals surface area contributed by atoms with Crippen LogP contribution in [0.25, 0.3) is 10.2 Å². The van der Waals surface area contributed by atoms with Crippen LogP contribution in [-0.4, -0.2) is 47.1 Å². The molecule has 1 N–H and O–H groups in total. The molecule has 27 heavy (non-hydrogen) atoms. The van der Waals surface area contributed by atoms with Crippen molar-refractivity contribution in [2.24, 2.45) is 0 Å². The van der Waals surface area contributed by atoms with Gasteiger partial charge in [0.15, 0.2) is 0 Å². The van der Waals surface area contributed by atoms with Crippen LogP contribution in [0.2, 0.25) is 0 Å². The maximum atomic E-state index is 12.5. The van der Waals surface area contributed by atoms with Crippen molar-refractivity contribution in [2.45, 2.75) is 20.3 Å². The second-order valence-corrected chi connectivity index (χ2v) is 7.76. The highest BCUT2D eigenvalue weighted by Gasteiger charge is 2.24. The molecule has 6 nitrogen and oxygen atoms in total. The van der Waals surface area contributed by atoms with E-state index in [0.717, 1.165) is 47.1 Å². The van der Waals surface area contributed by atoms with Gasteiger partial charge in [-0.1, -0.05) is 25.1 Å². The van der Waals surface area contributed by atoms with Crippen molar-refractivity contribution in [3.8, 4) is 0 Å². The van der Waals surface area contributed by atoms with E-state index in [-0.39, 0.29) is 6.03 Å². The number of aryl methyl sites for hydroxylation is 2. The average Bonchev–Trinajstić information content (AvgIpc) is 3.11. The number of anilines is 2. The molecule has 0 saturated carbocycles. The Morgan fingerprint density at radius 2 is 1.89 bits per heavy atom. The third-order valence-corrected chi connectivity index (χ3v) is 5.95. The van der Waals surface area contributed by atoms with Crippen LogP contribution < -0.4 is 10.2 Å². The van der Waals surface area contributed by atoms with Crippen LogP contribution >= 0.6 is 11.3 Å². The number of thiophene rings is 1. The highest BCUT2D eigenvalue weighted by molar-refractivity contribution is 7.18. The summed E-state index contributed by atoms with van der Waals surface area (Å²) < 4.78 is 0. The molecule has 0 spiro atoms. The number of amides is 2. The molecule has 1 saturated heterocycles. The molecule has 0 radical (unpaired) electrons. The van der Waals surface area contributed by atoms with Gasteiger partial charge in [-0.3, -0.25) is 0 Å². The number of rotatable bonds is 3. The zero-order chi connectivity index (χ0) is 18.8. The van der Waals surface area contributed by atoms with E-state index in [0.29, 0.717) is 13.1 Å². The summed E-state index contributed by atoms with van der Waals surface area (Å²) >= 11 is 1.74. The first kappa shape index (κ1) is 17.7. The van der Waals surface area contributed by atoms with Gasteiger partial charge in [-0.05, 0) is 31.5 Å². The number of nitrogens with zero attached hydrogens (tertiary/aromatic N) is 4. The Bertz CT molecular complexity index is 948. The fourth-order valence-corrected chi connectivity index (χ4v) is 4.33. The van der Waals surface area contributed by atoms with Gasteiger partial charge in [0.25, 0.3) is 0 Å². The molecule has 3 aromatic rings. The Labute approximate surface area is 162 Å². The second-order valence-electron chi connectivity index (χ2n) is 6.65. The first-order valence-corrected chi connectivity index (χ1v) is 10.1. The van der Waals surface area contributed by atoms with Crippen LogP contribution in [-0.2, 0) is 6.42 Å². The summed E-state index contributed by atoms with van der Waals surface area (Å²) in [5, 5.41) is 4.09. The molecular formula is C20H23N5OS. The standard InChI is InChI=1S/C20H23N5OS/c1-3-16-13-17-18(21-14(2)22-19(17)27-16)24-9-11-25(12-10-24)20(26)23-15-7-5-4-6-8-15/h4-8,13H,3,9-12H2,1-2H3,(H,23,26). The molecule has 0 aliphatic carbocycles. The number of fused-ring (bicyclic) bond motifs is 1. The van der Waals surface area contributed by atoms with Gasteiger partial charge in [0.2, 0.25) is 0 Å². The lowest BCUT2D eigenvalue weighted by atomic mass is 10.2. The highest BCUT2D eigenvalue weighted by atomic mass is 32.1. The number of para-hydroxylation sites is 1. The summed E-state index contributed by atoms with van der Waals surface area (Å²) in [5.74, 6) is 1.79. The van der Waals surface area contributed by atoms with E-state index in [2.05, 4.69) is 28.2 Å². The first-order valence-electron chi connectivity index (χ1n) is 9.27. The van der Waals surface area contributed by atoms with Crippen molar-refractivity contribution in [3.05, 3.63) is 47.1 Å². The lowest BCUT2D eigenvalue weighted by Gasteiger charge is -2.35. The van der Waals surface area contributed by atoms with E-state index in [9.17, 15) is 4.79 Å². The van der Waals surface area contributed by atoms with Gasteiger partial charge in [-0.2, -0.15) is 0 Å². The molecule has 1 aliphatic rings. The number of benzene rings is 1. The summed E-state index contributed by atoms with van der Waals surface area (Å²) in [7, 11) is 0. The Kier molecular flexibility index (Phi) is 4.94. The minimum Gasteiger partial charge on any atom is -0.352 e. The van der Waals surface area contributed by atoms with Crippen molar-refractivity contribution >= 4 is 39.1 Å². The Hall–Kier alpha value is -2.67. The monoisotopic (exact) mass is 381 g/mol. The van der Waals surface area contributed by atoms with Crippen LogP contribution in [0.5, 0.6) is 0 Å². The number of nitrogens with one attached hydrogen (secondary N) is 1. The fourth-order valence-electron chi connectivity index (χ4n) is 3.32. The van der Waals surface area contributed by atoms with Gasteiger partial charge < -0.3 is 15.1 Å². The molecule has 0 atom stereocenters. The zero-order valence-electron chi connectivity index (χ0n) is 15.6. The van der Waals surface area contributed by atoms with Gasteiger partial charge in [0.05, 0.1) is 5.39 Å². The van der Waals surface area contributed by atoms with E-state index in [1.54, 1.807) is 11.3 Å². The number of piperazine rings is 1. The molecular weight excluding hydrogens is 358 g/mol. The normalized spacial score (nSPS) is 14.6. The number of hydrogen-bond acceptors (Lipinski definition) is 5. The van der Waals surface area contributed by atoms with E-state index in [1.165, 1.54) is 4.88 Å². The van der Waals surface area contributed by atoms with Crippen LogP contribution in [0.15, 0.2) is 36.4 Å². The first-order chi connectivity index (χ1) is 13.1. The summed E-state index contributed by atoms with van der Waals surface area (Å²) in [6.45, 7) is 6.99. The lowest BCUT2D eigenvalue weighted by Crippen LogP contribution is -2.50. The van der Waals surface area contributed by atoms with Crippen LogP contribution in [0, 0.1) is 6.92 Å². The molecule has 1 aromatic carbocycles. The molecule has 1 fully saturated rings. The Morgan fingerprint density at radius 3 is 2.59 bits per heavy atom. The maximum absolute atomic E-state index is 12.5. The minimum atomic E-state index is -0.0475.